The Balaban J connectivity index is 1.12. The molecule has 45 heavy (non-hydrogen) atoms. The van der Waals surface area contributed by atoms with Gasteiger partial charge in [-0.05, 0) is 49.9 Å². The molecule has 1 aliphatic heterocycles. The number of anilines is 4. The number of amides is 2. The number of halogens is 2. The van der Waals surface area contributed by atoms with Crippen molar-refractivity contribution in [2.24, 2.45) is 0 Å². The van der Waals surface area contributed by atoms with Gasteiger partial charge >= 0.3 is 6.03 Å². The summed E-state index contributed by atoms with van der Waals surface area (Å²) in [6, 6.07) is 11.3. The van der Waals surface area contributed by atoms with Crippen LogP contribution < -0.4 is 25.4 Å². The number of nitrogens with zero attached hydrogens (tertiary/aromatic N) is 5. The molecule has 3 aromatic carbocycles. The van der Waals surface area contributed by atoms with E-state index in [-0.39, 0.29) is 5.69 Å². The van der Waals surface area contributed by atoms with Crippen LogP contribution in [0.4, 0.5) is 35.9 Å². The van der Waals surface area contributed by atoms with E-state index in [4.69, 9.17) is 9.47 Å². The van der Waals surface area contributed by atoms with Gasteiger partial charge in [0, 0.05) is 55.9 Å². The molecule has 6 rings (SSSR count). The van der Waals surface area contributed by atoms with Crippen molar-refractivity contribution >= 4 is 60.8 Å². The van der Waals surface area contributed by atoms with Crippen LogP contribution in [0.25, 0.3) is 21.1 Å². The molecule has 0 radical (unpaired) electrons. The van der Waals surface area contributed by atoms with E-state index in [1.165, 1.54) is 17.7 Å². The lowest BCUT2D eigenvalue weighted by Crippen LogP contribution is -2.44. The zero-order valence-corrected chi connectivity index (χ0v) is 25.6. The van der Waals surface area contributed by atoms with E-state index in [1.807, 2.05) is 30.3 Å². The Hall–Kier alpha value is -4.66. The van der Waals surface area contributed by atoms with Gasteiger partial charge in [0.25, 0.3) is 0 Å². The normalized spacial score (nSPS) is 14.0. The van der Waals surface area contributed by atoms with E-state index in [2.05, 4.69) is 47.7 Å². The first-order chi connectivity index (χ1) is 21.8. The summed E-state index contributed by atoms with van der Waals surface area (Å²) >= 11 is 1.23. The fraction of sp³-hybridized carbons (Fsp3) is 0.290. The van der Waals surface area contributed by atoms with Gasteiger partial charge in [0.15, 0.2) is 16.6 Å². The quantitative estimate of drug-likeness (QED) is 0.161. The number of piperazine rings is 1. The summed E-state index contributed by atoms with van der Waals surface area (Å²) in [5, 5.41) is 9.27. The first-order valence-electron chi connectivity index (χ1n) is 14.4. The van der Waals surface area contributed by atoms with E-state index in [0.29, 0.717) is 40.1 Å². The maximum Gasteiger partial charge on any atom is 0.325 e. The summed E-state index contributed by atoms with van der Waals surface area (Å²) < 4.78 is 39.9. The van der Waals surface area contributed by atoms with Crippen LogP contribution >= 0.6 is 11.3 Å². The minimum absolute atomic E-state index is 0.270. The number of thiazole rings is 1. The third-order valence-corrected chi connectivity index (χ3v) is 8.37. The fourth-order valence-corrected chi connectivity index (χ4v) is 5.91. The zero-order chi connectivity index (χ0) is 31.3. The van der Waals surface area contributed by atoms with Crippen molar-refractivity contribution < 1.29 is 23.0 Å². The minimum Gasteiger partial charge on any atom is -0.493 e. The van der Waals surface area contributed by atoms with Crippen LogP contribution in [0.1, 0.15) is 6.42 Å². The van der Waals surface area contributed by atoms with E-state index < -0.39 is 17.7 Å². The number of aromatic nitrogens is 3. The van der Waals surface area contributed by atoms with E-state index in [1.54, 1.807) is 7.11 Å². The number of likely N-dealkylation sites (N-methyl/N-ethyl adjacent to an activating group) is 1. The highest BCUT2D eigenvalue weighted by Gasteiger charge is 2.16. The van der Waals surface area contributed by atoms with Gasteiger partial charge in [-0.2, -0.15) is 0 Å². The molecular weight excluding hydrogens is 602 g/mol. The smallest absolute Gasteiger partial charge is 0.325 e. The number of benzene rings is 3. The van der Waals surface area contributed by atoms with Crippen LogP contribution in [0.3, 0.4) is 0 Å². The lowest BCUT2D eigenvalue weighted by molar-refractivity contribution is 0.145. The summed E-state index contributed by atoms with van der Waals surface area (Å²) in [5.41, 5.74) is 1.83. The SMILES string of the molecule is COc1cc2c(Nc3ccc4nc(NC(=O)Nc5cc(F)ccc5F)sc4c3)ncnc2cc1OCCCN1CCN(C)CC1. The molecule has 0 saturated carbocycles. The number of ether oxygens (including phenoxy) is 2. The van der Waals surface area contributed by atoms with Crippen LogP contribution in [0.5, 0.6) is 11.5 Å². The first kappa shape index (κ1) is 30.4. The van der Waals surface area contributed by atoms with Crippen molar-refractivity contribution in [1.82, 2.24) is 24.8 Å². The Bertz CT molecular complexity index is 1830. The first-order valence-corrected chi connectivity index (χ1v) is 15.2. The molecule has 2 amide bonds. The monoisotopic (exact) mass is 634 g/mol. The molecule has 3 N–H and O–H groups in total. The van der Waals surface area contributed by atoms with Gasteiger partial charge in [-0.1, -0.05) is 11.3 Å². The van der Waals surface area contributed by atoms with Crippen molar-refractivity contribution in [1.29, 1.82) is 0 Å². The standard InChI is InChI=1S/C31H32F2N8O3S/c1-40-9-11-41(12-10-40)8-3-13-44-27-17-24-21(16-26(27)43-2)29(35-18-34-24)36-20-5-7-23-28(15-20)45-31(38-23)39-30(42)37-25-14-19(32)4-6-22(25)33/h4-7,14-18H,3,8-13H2,1-2H3,(H,34,35,36)(H2,37,38,39,42). The third-order valence-electron chi connectivity index (χ3n) is 7.44. The number of urea groups is 1. The molecule has 1 fully saturated rings. The van der Waals surface area contributed by atoms with Gasteiger partial charge in [-0.25, -0.2) is 28.5 Å². The van der Waals surface area contributed by atoms with Gasteiger partial charge in [-0.15, -0.1) is 0 Å². The largest absolute Gasteiger partial charge is 0.493 e. The second-order valence-corrected chi connectivity index (χ2v) is 11.6. The van der Waals surface area contributed by atoms with Crippen molar-refractivity contribution in [3.8, 4) is 11.5 Å². The predicted octanol–water partition coefficient (Wildman–Crippen LogP) is 5.93. The predicted molar refractivity (Wildman–Crippen MR) is 172 cm³/mol. The van der Waals surface area contributed by atoms with Crippen molar-refractivity contribution in [3.05, 3.63) is 66.5 Å². The molecule has 1 aliphatic rings. The third kappa shape index (κ3) is 7.36. The topological polar surface area (TPSA) is 117 Å². The molecule has 14 heteroatoms. The van der Waals surface area contributed by atoms with Crippen LogP contribution in [0.2, 0.25) is 0 Å². The molecular formula is C31H32F2N8O3S. The van der Waals surface area contributed by atoms with Crippen molar-refractivity contribution in [3.63, 3.8) is 0 Å². The molecule has 0 spiro atoms. The average Bonchev–Trinajstić information content (AvgIpc) is 3.43. The van der Waals surface area contributed by atoms with E-state index in [9.17, 15) is 13.6 Å². The maximum atomic E-state index is 13.9. The summed E-state index contributed by atoms with van der Waals surface area (Å²) in [5.74, 6) is 0.386. The van der Waals surface area contributed by atoms with Crippen LogP contribution in [-0.4, -0.2) is 84.3 Å². The van der Waals surface area contributed by atoms with Gasteiger partial charge < -0.3 is 29.9 Å². The molecule has 1 saturated heterocycles. The number of methoxy groups -OCH3 is 1. The zero-order valence-electron chi connectivity index (χ0n) is 24.8. The molecule has 234 valence electrons. The number of hydrogen-bond donors (Lipinski definition) is 3. The summed E-state index contributed by atoms with van der Waals surface area (Å²) in [7, 11) is 3.76. The second kappa shape index (κ2) is 13.5. The number of carbonyl (C=O) groups is 1. The van der Waals surface area contributed by atoms with E-state index in [0.717, 1.165) is 73.1 Å². The van der Waals surface area contributed by atoms with Gasteiger partial charge in [0.1, 0.15) is 23.8 Å². The highest BCUT2D eigenvalue weighted by atomic mass is 32.1. The molecule has 11 nitrogen and oxygen atoms in total. The van der Waals surface area contributed by atoms with Gasteiger partial charge in [0.2, 0.25) is 0 Å². The molecule has 2 aromatic heterocycles. The molecule has 0 atom stereocenters. The lowest BCUT2D eigenvalue weighted by atomic mass is 10.2. The molecule has 3 heterocycles. The summed E-state index contributed by atoms with van der Waals surface area (Å²) in [4.78, 5) is 30.5. The number of rotatable bonds is 10. The second-order valence-electron chi connectivity index (χ2n) is 10.6. The Morgan fingerprint density at radius 2 is 1.82 bits per heavy atom. The van der Waals surface area contributed by atoms with Gasteiger partial charge in [-0.3, -0.25) is 5.32 Å². The Kier molecular flexibility index (Phi) is 9.14. The Morgan fingerprint density at radius 3 is 2.64 bits per heavy atom. The lowest BCUT2D eigenvalue weighted by Gasteiger charge is -2.32. The number of fused-ring (bicyclic) bond motifs is 2. The fourth-order valence-electron chi connectivity index (χ4n) is 5.01. The van der Waals surface area contributed by atoms with Crippen LogP contribution in [0, 0.1) is 11.6 Å². The summed E-state index contributed by atoms with van der Waals surface area (Å²) in [6.07, 6.45) is 2.40. The van der Waals surface area contributed by atoms with Crippen molar-refractivity contribution in [2.45, 2.75) is 6.42 Å². The van der Waals surface area contributed by atoms with Crippen LogP contribution in [-0.2, 0) is 0 Å². The highest BCUT2D eigenvalue weighted by Crippen LogP contribution is 2.36. The van der Waals surface area contributed by atoms with Crippen LogP contribution in [0.15, 0.2) is 54.9 Å². The molecule has 0 bridgehead atoms. The number of carbonyl (C=O) groups excluding carboxylic acids is 1. The number of hydrogen-bond acceptors (Lipinski definition) is 10. The molecule has 5 aromatic rings. The Labute approximate surface area is 262 Å². The summed E-state index contributed by atoms with van der Waals surface area (Å²) in [6.45, 7) is 5.89. The van der Waals surface area contributed by atoms with Gasteiger partial charge in [0.05, 0.1) is 35.1 Å². The highest BCUT2D eigenvalue weighted by molar-refractivity contribution is 7.22. The molecule has 0 aliphatic carbocycles. The maximum absolute atomic E-state index is 13.9. The van der Waals surface area contributed by atoms with Crippen molar-refractivity contribution in [2.75, 3.05) is 69.4 Å². The molecule has 0 unspecified atom stereocenters. The minimum atomic E-state index is -0.748. The number of nitrogens with one attached hydrogen (secondary N) is 3. The average molecular weight is 635 g/mol. The van der Waals surface area contributed by atoms with E-state index >= 15 is 0 Å². The Morgan fingerprint density at radius 1 is 0.978 bits per heavy atom.